The van der Waals surface area contributed by atoms with Gasteiger partial charge in [0.2, 0.25) is 5.91 Å². The van der Waals surface area contributed by atoms with Crippen LogP contribution in [0.4, 0.5) is 11.5 Å². The number of esters is 1. The summed E-state index contributed by atoms with van der Waals surface area (Å²) < 4.78 is 15.2. The van der Waals surface area contributed by atoms with Crippen molar-refractivity contribution in [3.8, 4) is 5.75 Å². The van der Waals surface area contributed by atoms with Crippen LogP contribution in [0.3, 0.4) is 0 Å². The normalized spacial score (nSPS) is 11.4. The molecular weight excluding hydrogens is 398 g/mol. The number of anilines is 2. The number of nitrogens with zero attached hydrogens (tertiary/aromatic N) is 1. The largest absolute Gasteiger partial charge is 0.495 e. The summed E-state index contributed by atoms with van der Waals surface area (Å²) >= 11 is 1.06. The van der Waals surface area contributed by atoms with E-state index < -0.39 is 18.0 Å². The maximum atomic E-state index is 12.3. The second kappa shape index (κ2) is 10.5. The van der Waals surface area contributed by atoms with Crippen LogP contribution in [0.25, 0.3) is 0 Å². The van der Waals surface area contributed by atoms with Gasteiger partial charge in [0.1, 0.15) is 11.5 Å². The molecule has 0 fully saturated rings. The first-order chi connectivity index (χ1) is 13.8. The molecule has 156 valence electrons. The summed E-state index contributed by atoms with van der Waals surface area (Å²) in [7, 11) is 1.50. The van der Waals surface area contributed by atoms with Crippen molar-refractivity contribution in [3.63, 3.8) is 0 Å². The fourth-order valence-corrected chi connectivity index (χ4v) is 2.86. The average molecular weight is 421 g/mol. The van der Waals surface area contributed by atoms with Gasteiger partial charge in [-0.25, -0.2) is 0 Å². The van der Waals surface area contributed by atoms with Gasteiger partial charge in [0.25, 0.3) is 5.91 Å². The molecule has 0 radical (unpaired) electrons. The molecule has 2 amide bonds. The summed E-state index contributed by atoms with van der Waals surface area (Å²) in [6.07, 6.45) is -1.000. The topological polar surface area (TPSA) is 120 Å². The molecule has 0 aliphatic carbocycles. The molecule has 10 heteroatoms. The first-order valence-electron chi connectivity index (χ1n) is 8.74. The van der Waals surface area contributed by atoms with E-state index in [1.165, 1.54) is 14.0 Å². The zero-order chi connectivity index (χ0) is 21.4. The van der Waals surface area contributed by atoms with Crippen LogP contribution in [0.5, 0.6) is 5.75 Å². The summed E-state index contributed by atoms with van der Waals surface area (Å²) in [5.41, 5.74) is 1.44. The molecule has 0 aliphatic heterocycles. The number of thioether (sulfide) groups is 1. The minimum Gasteiger partial charge on any atom is -0.495 e. The van der Waals surface area contributed by atoms with Gasteiger partial charge in [0, 0.05) is 6.07 Å². The molecule has 2 N–H and O–H groups in total. The van der Waals surface area contributed by atoms with E-state index in [0.717, 1.165) is 17.3 Å². The number of rotatable bonds is 9. The molecular formula is C19H23N3O6S. The highest BCUT2D eigenvalue weighted by Crippen LogP contribution is 2.25. The molecule has 0 unspecified atom stereocenters. The zero-order valence-corrected chi connectivity index (χ0v) is 17.4. The number of aromatic nitrogens is 1. The Labute approximate surface area is 172 Å². The number of benzene rings is 1. The van der Waals surface area contributed by atoms with Crippen LogP contribution in [-0.2, 0) is 19.1 Å². The van der Waals surface area contributed by atoms with Gasteiger partial charge in [-0.2, -0.15) is 0 Å². The Morgan fingerprint density at radius 3 is 2.59 bits per heavy atom. The Morgan fingerprint density at radius 2 is 1.93 bits per heavy atom. The monoisotopic (exact) mass is 421 g/mol. The van der Waals surface area contributed by atoms with Crippen LogP contribution in [0, 0.1) is 13.8 Å². The molecule has 9 nitrogen and oxygen atoms in total. The highest BCUT2D eigenvalue weighted by molar-refractivity contribution is 8.00. The highest BCUT2D eigenvalue weighted by atomic mass is 32.2. The second-order valence-corrected chi connectivity index (χ2v) is 7.17. The third-order valence-corrected chi connectivity index (χ3v) is 4.54. The predicted molar refractivity (Wildman–Crippen MR) is 109 cm³/mol. The first-order valence-corrected chi connectivity index (χ1v) is 9.90. The molecule has 1 aromatic carbocycles. The second-order valence-electron chi connectivity index (χ2n) is 6.19. The number of methoxy groups -OCH3 is 1. The lowest BCUT2D eigenvalue weighted by Gasteiger charge is -2.15. The molecule has 0 spiro atoms. The van der Waals surface area contributed by atoms with E-state index in [0.29, 0.717) is 23.0 Å². The predicted octanol–water partition coefficient (Wildman–Crippen LogP) is 2.54. The third-order valence-electron chi connectivity index (χ3n) is 3.64. The third kappa shape index (κ3) is 7.15. The van der Waals surface area contributed by atoms with Gasteiger partial charge in [-0.15, -0.1) is 11.8 Å². The number of ether oxygens (including phenoxy) is 2. The Bertz CT molecular complexity index is 883. The Kier molecular flexibility index (Phi) is 8.08. The highest BCUT2D eigenvalue weighted by Gasteiger charge is 2.19. The Balaban J connectivity index is 1.74. The van der Waals surface area contributed by atoms with Gasteiger partial charge in [-0.3, -0.25) is 14.4 Å². The van der Waals surface area contributed by atoms with Gasteiger partial charge < -0.3 is 24.6 Å². The van der Waals surface area contributed by atoms with Crippen molar-refractivity contribution in [1.82, 2.24) is 5.16 Å². The number of amides is 2. The van der Waals surface area contributed by atoms with E-state index in [9.17, 15) is 14.4 Å². The van der Waals surface area contributed by atoms with Crippen LogP contribution in [0.2, 0.25) is 0 Å². The van der Waals surface area contributed by atoms with E-state index >= 15 is 0 Å². The number of aryl methyl sites for hydroxylation is 2. The quantitative estimate of drug-likeness (QED) is 0.593. The van der Waals surface area contributed by atoms with Crippen LogP contribution >= 0.6 is 11.8 Å². The van der Waals surface area contributed by atoms with Crippen molar-refractivity contribution < 1.29 is 28.4 Å². The minimum absolute atomic E-state index is 0.0298. The van der Waals surface area contributed by atoms with Crippen molar-refractivity contribution in [1.29, 1.82) is 0 Å². The van der Waals surface area contributed by atoms with Crippen LogP contribution in [0.15, 0.2) is 28.8 Å². The van der Waals surface area contributed by atoms with Crippen LogP contribution < -0.4 is 15.4 Å². The molecule has 1 aromatic heterocycles. The molecule has 0 saturated carbocycles. The minimum atomic E-state index is -1.000. The van der Waals surface area contributed by atoms with E-state index in [1.54, 1.807) is 25.1 Å². The standard InChI is InChI=1S/C19H23N3O6S/c1-11-5-6-15(26-4)14(7-11)20-19(25)13(3)27-18(24)10-29-9-17(23)21-16-8-12(2)28-22-16/h5-8,13H,9-10H2,1-4H3,(H,20,25)(H,21,22,23)/t13-/m0/s1. The summed E-state index contributed by atoms with van der Waals surface area (Å²) in [4.78, 5) is 36.0. The van der Waals surface area contributed by atoms with E-state index in [-0.39, 0.29) is 17.4 Å². The van der Waals surface area contributed by atoms with Gasteiger partial charge in [-0.1, -0.05) is 11.2 Å². The van der Waals surface area contributed by atoms with Crippen LogP contribution in [-0.4, -0.2) is 47.7 Å². The van der Waals surface area contributed by atoms with E-state index in [4.69, 9.17) is 14.0 Å². The lowest BCUT2D eigenvalue weighted by molar-refractivity contribution is -0.150. The lowest BCUT2D eigenvalue weighted by atomic mass is 10.2. The van der Waals surface area contributed by atoms with E-state index in [1.807, 2.05) is 13.0 Å². The summed E-state index contributed by atoms with van der Waals surface area (Å²) in [5, 5.41) is 8.88. The SMILES string of the molecule is COc1ccc(C)cc1NC(=O)[C@H](C)OC(=O)CSCC(=O)Nc1cc(C)on1. The fraction of sp³-hybridized carbons (Fsp3) is 0.368. The maximum absolute atomic E-state index is 12.3. The zero-order valence-electron chi connectivity index (χ0n) is 16.6. The van der Waals surface area contributed by atoms with Crippen molar-refractivity contribution in [2.75, 3.05) is 29.2 Å². The first kappa shape index (κ1) is 22.3. The Morgan fingerprint density at radius 1 is 1.17 bits per heavy atom. The van der Waals surface area contributed by atoms with Gasteiger partial charge in [-0.05, 0) is 38.5 Å². The number of carbonyl (C=O) groups is 3. The maximum Gasteiger partial charge on any atom is 0.316 e. The van der Waals surface area contributed by atoms with Crippen molar-refractivity contribution in [2.24, 2.45) is 0 Å². The average Bonchev–Trinajstić information content (AvgIpc) is 3.06. The molecule has 1 atom stereocenters. The van der Waals surface area contributed by atoms with Crippen LogP contribution in [0.1, 0.15) is 18.2 Å². The number of hydrogen-bond acceptors (Lipinski definition) is 8. The van der Waals surface area contributed by atoms with Crippen molar-refractivity contribution in [2.45, 2.75) is 26.9 Å². The molecule has 0 aliphatic rings. The molecule has 1 heterocycles. The number of hydrogen-bond donors (Lipinski definition) is 2. The number of carbonyl (C=O) groups excluding carboxylic acids is 3. The molecule has 2 rings (SSSR count). The summed E-state index contributed by atoms with van der Waals surface area (Å²) in [5.74, 6) is -0.0524. The lowest BCUT2D eigenvalue weighted by Crippen LogP contribution is -2.30. The Hall–Kier alpha value is -3.01. The molecule has 29 heavy (non-hydrogen) atoms. The van der Waals surface area contributed by atoms with E-state index in [2.05, 4.69) is 15.8 Å². The summed E-state index contributed by atoms with van der Waals surface area (Å²) in [6.45, 7) is 5.06. The molecule has 0 bridgehead atoms. The smallest absolute Gasteiger partial charge is 0.316 e. The summed E-state index contributed by atoms with van der Waals surface area (Å²) in [6, 6.07) is 6.94. The molecule has 2 aromatic rings. The van der Waals surface area contributed by atoms with Crippen molar-refractivity contribution in [3.05, 3.63) is 35.6 Å². The molecule has 0 saturated heterocycles. The van der Waals surface area contributed by atoms with Gasteiger partial charge >= 0.3 is 5.97 Å². The van der Waals surface area contributed by atoms with Gasteiger partial charge in [0.15, 0.2) is 11.9 Å². The number of nitrogens with one attached hydrogen (secondary N) is 2. The van der Waals surface area contributed by atoms with Crippen molar-refractivity contribution >= 4 is 41.1 Å². The van der Waals surface area contributed by atoms with Gasteiger partial charge in [0.05, 0.1) is 24.3 Å². The fourth-order valence-electron chi connectivity index (χ4n) is 2.27.